The van der Waals surface area contributed by atoms with Crippen molar-refractivity contribution in [3.05, 3.63) is 29.8 Å². The first-order valence-electron chi connectivity index (χ1n) is 8.56. The lowest BCUT2D eigenvalue weighted by molar-refractivity contribution is -0.125. The van der Waals surface area contributed by atoms with Gasteiger partial charge in [-0.3, -0.25) is 9.10 Å². The second kappa shape index (κ2) is 9.06. The normalized spacial score (nSPS) is 11.8. The van der Waals surface area contributed by atoms with Crippen LogP contribution < -0.4 is 9.62 Å². The van der Waals surface area contributed by atoms with Gasteiger partial charge in [0.25, 0.3) is 0 Å². The summed E-state index contributed by atoms with van der Waals surface area (Å²) in [7, 11) is -3.42. The van der Waals surface area contributed by atoms with Gasteiger partial charge in [-0.2, -0.15) is 0 Å². The van der Waals surface area contributed by atoms with Crippen molar-refractivity contribution in [3.63, 3.8) is 0 Å². The van der Waals surface area contributed by atoms with E-state index in [0.717, 1.165) is 18.4 Å². The molecular formula is C18H30N2O3S. The number of carbonyl (C=O) groups is 1. The van der Waals surface area contributed by atoms with Crippen LogP contribution in [0.5, 0.6) is 0 Å². The SMILES string of the molecule is CCC(CC)C(=O)NCCN(c1ccccc1C(C)C)S(C)(=O)=O. The summed E-state index contributed by atoms with van der Waals surface area (Å²) in [5.41, 5.74) is 1.67. The Morgan fingerprint density at radius 1 is 1.17 bits per heavy atom. The largest absolute Gasteiger partial charge is 0.354 e. The molecule has 6 heteroatoms. The molecular weight excluding hydrogens is 324 g/mol. The van der Waals surface area contributed by atoms with E-state index in [2.05, 4.69) is 5.32 Å². The number of nitrogens with one attached hydrogen (secondary N) is 1. The summed E-state index contributed by atoms with van der Waals surface area (Å²) in [5, 5.41) is 2.86. The number of sulfonamides is 1. The Labute approximate surface area is 146 Å². The van der Waals surface area contributed by atoms with Crippen LogP contribution in [-0.2, 0) is 14.8 Å². The fourth-order valence-electron chi connectivity index (χ4n) is 2.75. The van der Waals surface area contributed by atoms with Crippen molar-refractivity contribution in [2.45, 2.75) is 46.5 Å². The number of hydrogen-bond donors (Lipinski definition) is 1. The number of benzene rings is 1. The zero-order valence-corrected chi connectivity index (χ0v) is 16.2. The molecule has 0 heterocycles. The molecule has 1 N–H and O–H groups in total. The molecule has 0 aromatic heterocycles. The average Bonchev–Trinajstić information content (AvgIpc) is 2.51. The van der Waals surface area contributed by atoms with Crippen LogP contribution in [0.4, 0.5) is 5.69 Å². The monoisotopic (exact) mass is 354 g/mol. The van der Waals surface area contributed by atoms with Crippen LogP contribution in [0.1, 0.15) is 52.0 Å². The van der Waals surface area contributed by atoms with Gasteiger partial charge in [-0.25, -0.2) is 8.42 Å². The van der Waals surface area contributed by atoms with Crippen molar-refractivity contribution in [1.82, 2.24) is 5.32 Å². The highest BCUT2D eigenvalue weighted by Crippen LogP contribution is 2.28. The molecule has 0 unspecified atom stereocenters. The molecule has 0 atom stereocenters. The van der Waals surface area contributed by atoms with E-state index < -0.39 is 10.0 Å². The average molecular weight is 355 g/mol. The van der Waals surface area contributed by atoms with Gasteiger partial charge in [0.05, 0.1) is 18.5 Å². The number of hydrogen-bond acceptors (Lipinski definition) is 3. The van der Waals surface area contributed by atoms with Gasteiger partial charge in [0, 0.05) is 12.5 Å². The predicted molar refractivity (Wildman–Crippen MR) is 99.8 cm³/mol. The number of anilines is 1. The second-order valence-electron chi connectivity index (χ2n) is 6.35. The fourth-order valence-corrected chi connectivity index (χ4v) is 3.70. The van der Waals surface area contributed by atoms with E-state index in [4.69, 9.17) is 0 Å². The molecule has 136 valence electrons. The minimum atomic E-state index is -3.42. The fraction of sp³-hybridized carbons (Fsp3) is 0.611. The molecule has 1 amide bonds. The van der Waals surface area contributed by atoms with Gasteiger partial charge in [0.2, 0.25) is 15.9 Å². The molecule has 0 saturated heterocycles. The highest BCUT2D eigenvalue weighted by atomic mass is 32.2. The Hall–Kier alpha value is -1.56. The lowest BCUT2D eigenvalue weighted by Crippen LogP contribution is -2.40. The van der Waals surface area contributed by atoms with Crippen LogP contribution in [0, 0.1) is 5.92 Å². The standard InChI is InChI=1S/C18H30N2O3S/c1-6-15(7-2)18(21)19-12-13-20(24(5,22)23)17-11-9-8-10-16(17)14(3)4/h8-11,14-15H,6-7,12-13H2,1-5H3,(H,19,21). The summed E-state index contributed by atoms with van der Waals surface area (Å²) in [6.45, 7) is 8.57. The molecule has 0 fully saturated rings. The van der Waals surface area contributed by atoms with Crippen LogP contribution in [0.25, 0.3) is 0 Å². The van der Waals surface area contributed by atoms with E-state index in [1.807, 2.05) is 52.0 Å². The highest BCUT2D eigenvalue weighted by Gasteiger charge is 2.21. The Morgan fingerprint density at radius 3 is 2.25 bits per heavy atom. The smallest absolute Gasteiger partial charge is 0.232 e. The van der Waals surface area contributed by atoms with Crippen molar-refractivity contribution in [2.75, 3.05) is 23.7 Å². The lowest BCUT2D eigenvalue weighted by Gasteiger charge is -2.26. The third-order valence-electron chi connectivity index (χ3n) is 4.20. The summed E-state index contributed by atoms with van der Waals surface area (Å²) in [6.07, 6.45) is 2.77. The molecule has 1 aromatic carbocycles. The Morgan fingerprint density at radius 2 is 1.75 bits per heavy atom. The number of amides is 1. The van der Waals surface area contributed by atoms with Gasteiger partial charge in [0.1, 0.15) is 0 Å². The molecule has 0 bridgehead atoms. The Bertz CT molecular complexity index is 637. The maximum Gasteiger partial charge on any atom is 0.232 e. The van der Waals surface area contributed by atoms with Crippen LogP contribution in [-0.4, -0.2) is 33.7 Å². The first kappa shape index (κ1) is 20.5. The number of rotatable bonds is 9. The number of para-hydroxylation sites is 1. The van der Waals surface area contributed by atoms with Crippen molar-refractivity contribution in [2.24, 2.45) is 5.92 Å². The Kier molecular flexibility index (Phi) is 7.73. The molecule has 5 nitrogen and oxygen atoms in total. The van der Waals surface area contributed by atoms with Crippen molar-refractivity contribution in [3.8, 4) is 0 Å². The van der Waals surface area contributed by atoms with Crippen molar-refractivity contribution < 1.29 is 13.2 Å². The Balaban J connectivity index is 2.92. The van der Waals surface area contributed by atoms with Crippen molar-refractivity contribution >= 4 is 21.6 Å². The summed E-state index contributed by atoms with van der Waals surface area (Å²) in [6, 6.07) is 7.51. The van der Waals surface area contributed by atoms with E-state index in [1.54, 1.807) is 0 Å². The first-order chi connectivity index (χ1) is 11.2. The van der Waals surface area contributed by atoms with E-state index in [9.17, 15) is 13.2 Å². The van der Waals surface area contributed by atoms with Gasteiger partial charge in [0.15, 0.2) is 0 Å². The molecule has 0 aliphatic rings. The third-order valence-corrected chi connectivity index (χ3v) is 5.38. The van der Waals surface area contributed by atoms with E-state index >= 15 is 0 Å². The molecule has 0 spiro atoms. The number of carbonyl (C=O) groups excluding carboxylic acids is 1. The van der Waals surface area contributed by atoms with Crippen LogP contribution in [0.3, 0.4) is 0 Å². The first-order valence-corrected chi connectivity index (χ1v) is 10.4. The molecule has 0 aliphatic carbocycles. The minimum Gasteiger partial charge on any atom is -0.354 e. The summed E-state index contributed by atoms with van der Waals surface area (Å²) in [5.74, 6) is 0.190. The van der Waals surface area contributed by atoms with Gasteiger partial charge in [-0.1, -0.05) is 45.9 Å². The predicted octanol–water partition coefficient (Wildman–Crippen LogP) is 3.13. The van der Waals surface area contributed by atoms with Gasteiger partial charge in [-0.05, 0) is 30.4 Å². The van der Waals surface area contributed by atoms with Crippen molar-refractivity contribution in [1.29, 1.82) is 0 Å². The summed E-state index contributed by atoms with van der Waals surface area (Å²) in [4.78, 5) is 12.1. The van der Waals surface area contributed by atoms with E-state index in [0.29, 0.717) is 12.2 Å². The molecule has 1 aromatic rings. The summed E-state index contributed by atoms with van der Waals surface area (Å²) >= 11 is 0. The van der Waals surface area contributed by atoms with Gasteiger partial charge in [-0.15, -0.1) is 0 Å². The topological polar surface area (TPSA) is 66.5 Å². The molecule has 1 rings (SSSR count). The van der Waals surface area contributed by atoms with Gasteiger partial charge < -0.3 is 5.32 Å². The second-order valence-corrected chi connectivity index (χ2v) is 8.26. The molecule has 0 radical (unpaired) electrons. The van der Waals surface area contributed by atoms with E-state index in [1.165, 1.54) is 10.6 Å². The van der Waals surface area contributed by atoms with Crippen LogP contribution >= 0.6 is 0 Å². The van der Waals surface area contributed by atoms with Crippen LogP contribution in [0.2, 0.25) is 0 Å². The number of nitrogens with zero attached hydrogens (tertiary/aromatic N) is 1. The highest BCUT2D eigenvalue weighted by molar-refractivity contribution is 7.92. The van der Waals surface area contributed by atoms with E-state index in [-0.39, 0.29) is 24.3 Å². The molecule has 0 aliphatic heterocycles. The maximum atomic E-state index is 12.2. The zero-order valence-electron chi connectivity index (χ0n) is 15.4. The quantitative estimate of drug-likeness (QED) is 0.741. The molecule has 0 saturated carbocycles. The van der Waals surface area contributed by atoms with Gasteiger partial charge >= 0.3 is 0 Å². The molecule has 24 heavy (non-hydrogen) atoms. The third kappa shape index (κ3) is 5.51. The zero-order chi connectivity index (χ0) is 18.3. The van der Waals surface area contributed by atoms with Crippen LogP contribution in [0.15, 0.2) is 24.3 Å². The minimum absolute atomic E-state index is 0.00871. The maximum absolute atomic E-state index is 12.2. The lowest BCUT2D eigenvalue weighted by atomic mass is 10.0. The summed E-state index contributed by atoms with van der Waals surface area (Å²) < 4.78 is 25.9.